The van der Waals surface area contributed by atoms with Crippen LogP contribution in [0.15, 0.2) is 90.3 Å². The number of nitrogens with zero attached hydrogens (tertiary/aromatic N) is 1. The van der Waals surface area contributed by atoms with Crippen LogP contribution in [0.25, 0.3) is 11.3 Å². The number of alkyl carbamates (subject to hydrolysis) is 1. The first kappa shape index (κ1) is 32.6. The summed E-state index contributed by atoms with van der Waals surface area (Å²) in [7, 11) is -4.41. The Morgan fingerprint density at radius 2 is 1.52 bits per heavy atom. The first-order chi connectivity index (χ1) is 20.8. The molecule has 0 fully saturated rings. The molecule has 1 aromatic heterocycles. The Morgan fingerprint density at radius 1 is 0.909 bits per heavy atom. The summed E-state index contributed by atoms with van der Waals surface area (Å²) in [6.45, 7) is 5.38. The van der Waals surface area contributed by atoms with Gasteiger partial charge in [-0.25, -0.2) is 9.78 Å². The van der Waals surface area contributed by atoms with E-state index in [-0.39, 0.29) is 18.1 Å². The molecule has 0 spiro atoms. The highest BCUT2D eigenvalue weighted by atomic mass is 32.2. The van der Waals surface area contributed by atoms with Crippen LogP contribution in [-0.2, 0) is 32.7 Å². The lowest BCUT2D eigenvalue weighted by atomic mass is 9.97. The number of benzene rings is 3. The molecule has 1 heterocycles. The van der Waals surface area contributed by atoms with Crippen LogP contribution < -0.4 is 15.4 Å². The lowest BCUT2D eigenvalue weighted by Crippen LogP contribution is -2.43. The van der Waals surface area contributed by atoms with E-state index in [4.69, 9.17) is 14.3 Å². The number of anilines is 1. The van der Waals surface area contributed by atoms with Crippen molar-refractivity contribution in [3.63, 3.8) is 0 Å². The maximum Gasteiger partial charge on any atom is 0.407 e. The number of rotatable bonds is 12. The second-order valence-corrected chi connectivity index (χ2v) is 13.3. The molecule has 0 aliphatic carbocycles. The zero-order valence-electron chi connectivity index (χ0n) is 24.7. The molecule has 232 valence electrons. The van der Waals surface area contributed by atoms with Crippen molar-refractivity contribution in [1.82, 2.24) is 15.6 Å². The highest BCUT2D eigenvalue weighted by molar-refractivity contribution is 7.87. The maximum absolute atomic E-state index is 13.9. The standard InChI is InChI=1S/C32H36N4O6S2/c1-32(2,3)42-31(38)33-20-25(18-22-10-6-4-7-11-22)29(37)34-27(19-23-14-16-26(17-15-23)36-44(39,40)41)30-35-28(21-43-30)24-12-8-5-9-13-24/h4-17,21,25,27,36H,18-20H2,1-3H3,(H,33,38)(H,34,37)(H,39,40,41)/t25-,27-/m0/s1. The van der Waals surface area contributed by atoms with Gasteiger partial charge in [0.1, 0.15) is 10.6 Å². The third-order valence-corrected chi connectivity index (χ3v) is 7.89. The molecule has 10 nitrogen and oxygen atoms in total. The normalized spacial score (nSPS) is 13.0. The van der Waals surface area contributed by atoms with E-state index in [0.717, 1.165) is 22.4 Å². The van der Waals surface area contributed by atoms with Crippen molar-refractivity contribution in [2.45, 2.75) is 45.3 Å². The molecule has 4 N–H and O–H groups in total. The fourth-order valence-electron chi connectivity index (χ4n) is 4.45. The van der Waals surface area contributed by atoms with E-state index in [1.165, 1.54) is 23.5 Å². The third kappa shape index (κ3) is 10.5. The molecule has 0 aliphatic heterocycles. The van der Waals surface area contributed by atoms with Crippen LogP contribution >= 0.6 is 11.3 Å². The van der Waals surface area contributed by atoms with E-state index in [9.17, 15) is 18.0 Å². The Labute approximate surface area is 261 Å². The number of carbonyl (C=O) groups is 2. The summed E-state index contributed by atoms with van der Waals surface area (Å²) in [5.41, 5.74) is 3.00. The number of nitrogens with one attached hydrogen (secondary N) is 3. The molecule has 0 saturated carbocycles. The van der Waals surface area contributed by atoms with Crippen LogP contribution in [0.1, 0.15) is 42.9 Å². The quantitative estimate of drug-likeness (QED) is 0.144. The van der Waals surface area contributed by atoms with Gasteiger partial charge in [0.2, 0.25) is 5.91 Å². The number of amides is 2. The van der Waals surface area contributed by atoms with Crippen molar-refractivity contribution in [2.24, 2.45) is 5.92 Å². The van der Waals surface area contributed by atoms with Crippen LogP contribution in [0.5, 0.6) is 0 Å². The van der Waals surface area contributed by atoms with E-state index in [0.29, 0.717) is 17.8 Å². The number of carbonyl (C=O) groups excluding carboxylic acids is 2. The minimum absolute atomic E-state index is 0.0610. The monoisotopic (exact) mass is 636 g/mol. The summed E-state index contributed by atoms with van der Waals surface area (Å²) in [4.78, 5) is 31.2. The zero-order chi connectivity index (χ0) is 31.7. The highest BCUT2D eigenvalue weighted by Crippen LogP contribution is 2.28. The van der Waals surface area contributed by atoms with Gasteiger partial charge >= 0.3 is 16.4 Å². The number of thiazole rings is 1. The summed E-state index contributed by atoms with van der Waals surface area (Å²) in [5, 5.41) is 8.53. The van der Waals surface area contributed by atoms with Gasteiger partial charge in [0, 0.05) is 17.5 Å². The first-order valence-corrected chi connectivity index (χ1v) is 16.3. The molecule has 2 atom stereocenters. The molecule has 0 unspecified atom stereocenters. The number of ether oxygens (including phenoxy) is 1. The molecule has 2 amide bonds. The number of hydrogen-bond acceptors (Lipinski definition) is 7. The Balaban J connectivity index is 1.58. The predicted molar refractivity (Wildman–Crippen MR) is 172 cm³/mol. The van der Waals surface area contributed by atoms with Gasteiger partial charge < -0.3 is 15.4 Å². The zero-order valence-corrected chi connectivity index (χ0v) is 26.3. The molecular weight excluding hydrogens is 601 g/mol. The second kappa shape index (κ2) is 14.5. The Hall–Kier alpha value is -4.26. The molecule has 0 aliphatic rings. The van der Waals surface area contributed by atoms with Gasteiger partial charge in [0.15, 0.2) is 0 Å². The van der Waals surface area contributed by atoms with E-state index < -0.39 is 34.0 Å². The largest absolute Gasteiger partial charge is 0.444 e. The fraction of sp³-hybridized carbons (Fsp3) is 0.281. The summed E-state index contributed by atoms with van der Waals surface area (Å²) in [6, 6.07) is 25.2. The minimum Gasteiger partial charge on any atom is -0.444 e. The highest BCUT2D eigenvalue weighted by Gasteiger charge is 2.26. The summed E-state index contributed by atoms with van der Waals surface area (Å²) in [6.07, 6.45) is 0.140. The van der Waals surface area contributed by atoms with Crippen LogP contribution in [0.4, 0.5) is 10.5 Å². The van der Waals surface area contributed by atoms with Crippen molar-refractivity contribution in [3.8, 4) is 11.3 Å². The molecule has 44 heavy (non-hydrogen) atoms. The van der Waals surface area contributed by atoms with Gasteiger partial charge in [-0.1, -0.05) is 72.8 Å². The van der Waals surface area contributed by atoms with E-state index >= 15 is 0 Å². The molecular formula is C32H36N4O6S2. The molecule has 4 rings (SSSR count). The Kier molecular flexibility index (Phi) is 10.7. The van der Waals surface area contributed by atoms with Crippen molar-refractivity contribution in [3.05, 3.63) is 106 Å². The van der Waals surface area contributed by atoms with Gasteiger partial charge in [-0.05, 0) is 56.9 Å². The van der Waals surface area contributed by atoms with Gasteiger partial charge in [0.05, 0.1) is 23.3 Å². The lowest BCUT2D eigenvalue weighted by molar-refractivity contribution is -0.125. The minimum atomic E-state index is -4.41. The van der Waals surface area contributed by atoms with E-state index in [2.05, 4.69) is 10.6 Å². The average molecular weight is 637 g/mol. The topological polar surface area (TPSA) is 147 Å². The average Bonchev–Trinajstić information content (AvgIpc) is 3.46. The Morgan fingerprint density at radius 3 is 2.14 bits per heavy atom. The smallest absolute Gasteiger partial charge is 0.407 e. The van der Waals surface area contributed by atoms with Crippen molar-refractivity contribution in [2.75, 3.05) is 11.3 Å². The summed E-state index contributed by atoms with van der Waals surface area (Å²) in [5.74, 6) is -0.877. The predicted octanol–water partition coefficient (Wildman–Crippen LogP) is 5.81. The maximum atomic E-state index is 13.9. The number of aromatic nitrogens is 1. The third-order valence-electron chi connectivity index (χ3n) is 6.43. The molecule has 0 saturated heterocycles. The summed E-state index contributed by atoms with van der Waals surface area (Å²) < 4.78 is 38.9. The van der Waals surface area contributed by atoms with Gasteiger partial charge in [-0.3, -0.25) is 14.1 Å². The molecule has 3 aromatic carbocycles. The first-order valence-electron chi connectivity index (χ1n) is 14.0. The van der Waals surface area contributed by atoms with Crippen LogP contribution in [-0.4, -0.2) is 42.1 Å². The van der Waals surface area contributed by atoms with Gasteiger partial charge in [0.25, 0.3) is 0 Å². The Bertz CT molecular complexity index is 1640. The molecule has 0 radical (unpaired) electrons. The van der Waals surface area contributed by atoms with Crippen molar-refractivity contribution in [1.29, 1.82) is 0 Å². The lowest BCUT2D eigenvalue weighted by Gasteiger charge is -2.24. The molecule has 12 heteroatoms. The molecule has 4 aromatic rings. The fourth-order valence-corrected chi connectivity index (χ4v) is 5.76. The molecule has 0 bridgehead atoms. The van der Waals surface area contributed by atoms with Crippen LogP contribution in [0.2, 0.25) is 0 Å². The van der Waals surface area contributed by atoms with Gasteiger partial charge in [-0.15, -0.1) is 11.3 Å². The van der Waals surface area contributed by atoms with Crippen molar-refractivity contribution < 1.29 is 27.3 Å². The van der Waals surface area contributed by atoms with E-state index in [1.54, 1.807) is 32.9 Å². The van der Waals surface area contributed by atoms with Crippen LogP contribution in [0, 0.1) is 5.92 Å². The summed E-state index contributed by atoms with van der Waals surface area (Å²) >= 11 is 1.42. The second-order valence-electron chi connectivity index (χ2n) is 11.2. The van der Waals surface area contributed by atoms with Crippen molar-refractivity contribution >= 4 is 39.3 Å². The SMILES string of the molecule is CC(C)(C)OC(=O)NC[C@H](Cc1ccccc1)C(=O)N[C@@H](Cc1ccc(NS(=O)(=O)O)cc1)c1nc(-c2ccccc2)cs1. The van der Waals surface area contributed by atoms with Gasteiger partial charge in [-0.2, -0.15) is 8.42 Å². The van der Waals surface area contributed by atoms with Crippen LogP contribution in [0.3, 0.4) is 0 Å². The number of hydrogen-bond donors (Lipinski definition) is 4. The van der Waals surface area contributed by atoms with E-state index in [1.807, 2.05) is 70.8 Å².